The second kappa shape index (κ2) is 3.47. The van der Waals surface area contributed by atoms with Crippen molar-refractivity contribution in [3.05, 3.63) is 17.3 Å². The van der Waals surface area contributed by atoms with Crippen LogP contribution in [-0.2, 0) is 0 Å². The topological polar surface area (TPSA) is 58.0 Å². The zero-order valence-electron chi connectivity index (χ0n) is 6.94. The Hall–Kier alpha value is -0.870. The monoisotopic (exact) mass is 199 g/mol. The minimum Gasteiger partial charge on any atom is -0.393 e. The fourth-order valence-electron chi connectivity index (χ4n) is 1.31. The van der Waals surface area contributed by atoms with E-state index in [9.17, 15) is 0 Å². The average Bonchev–Trinajstić information content (AvgIpc) is 2.06. The van der Waals surface area contributed by atoms with Crippen molar-refractivity contribution in [3.63, 3.8) is 0 Å². The van der Waals surface area contributed by atoms with E-state index >= 15 is 0 Å². The first kappa shape index (κ1) is 8.72. The number of aromatic nitrogens is 2. The summed E-state index contributed by atoms with van der Waals surface area (Å²) in [6.45, 7) is 0. The standard InChI is InChI=1S/C8H10ClN3O/c9-7-1-2-8(12-11-7)10-5-3-6(13)4-5/h1-2,5-6,13H,3-4H2,(H,10,12)/t5-,6+. The second-order valence-corrected chi connectivity index (χ2v) is 3.60. The van der Waals surface area contributed by atoms with Crippen molar-refractivity contribution in [1.29, 1.82) is 0 Å². The molecule has 0 spiro atoms. The maximum atomic E-state index is 9.04. The van der Waals surface area contributed by atoms with Gasteiger partial charge in [-0.1, -0.05) is 11.6 Å². The molecule has 1 saturated carbocycles. The van der Waals surface area contributed by atoms with Crippen LogP contribution in [0.5, 0.6) is 0 Å². The van der Waals surface area contributed by atoms with Gasteiger partial charge in [0, 0.05) is 6.04 Å². The van der Waals surface area contributed by atoms with E-state index in [4.69, 9.17) is 16.7 Å². The maximum absolute atomic E-state index is 9.04. The molecule has 0 bridgehead atoms. The summed E-state index contributed by atoms with van der Waals surface area (Å²) in [5, 5.41) is 20.1. The van der Waals surface area contributed by atoms with Crippen molar-refractivity contribution in [2.75, 3.05) is 5.32 Å². The van der Waals surface area contributed by atoms with Gasteiger partial charge in [0.2, 0.25) is 0 Å². The van der Waals surface area contributed by atoms with E-state index < -0.39 is 0 Å². The van der Waals surface area contributed by atoms with Gasteiger partial charge in [0.1, 0.15) is 5.82 Å². The Morgan fingerprint density at radius 1 is 1.38 bits per heavy atom. The number of hydrogen-bond acceptors (Lipinski definition) is 4. The zero-order chi connectivity index (χ0) is 9.26. The largest absolute Gasteiger partial charge is 0.393 e. The van der Waals surface area contributed by atoms with Crippen LogP contribution in [0.2, 0.25) is 5.15 Å². The maximum Gasteiger partial charge on any atom is 0.151 e. The van der Waals surface area contributed by atoms with E-state index in [0.29, 0.717) is 17.0 Å². The summed E-state index contributed by atoms with van der Waals surface area (Å²) in [4.78, 5) is 0. The van der Waals surface area contributed by atoms with Gasteiger partial charge in [0.25, 0.3) is 0 Å². The van der Waals surface area contributed by atoms with Crippen LogP contribution in [0.1, 0.15) is 12.8 Å². The number of halogens is 1. The van der Waals surface area contributed by atoms with Crippen molar-refractivity contribution >= 4 is 17.4 Å². The average molecular weight is 200 g/mol. The van der Waals surface area contributed by atoms with Crippen molar-refractivity contribution in [1.82, 2.24) is 10.2 Å². The number of nitrogens with zero attached hydrogens (tertiary/aromatic N) is 2. The Morgan fingerprint density at radius 2 is 2.15 bits per heavy atom. The van der Waals surface area contributed by atoms with Crippen LogP contribution in [0.25, 0.3) is 0 Å². The quantitative estimate of drug-likeness (QED) is 0.748. The predicted molar refractivity (Wildman–Crippen MR) is 49.7 cm³/mol. The third kappa shape index (κ3) is 2.08. The van der Waals surface area contributed by atoms with Crippen molar-refractivity contribution in [3.8, 4) is 0 Å². The van der Waals surface area contributed by atoms with Gasteiger partial charge in [-0.2, -0.15) is 0 Å². The van der Waals surface area contributed by atoms with E-state index in [1.54, 1.807) is 12.1 Å². The summed E-state index contributed by atoms with van der Waals surface area (Å²) in [5.74, 6) is 0.710. The van der Waals surface area contributed by atoms with Crippen LogP contribution in [-0.4, -0.2) is 27.4 Å². The Kier molecular flexibility index (Phi) is 2.33. The molecule has 1 heterocycles. The summed E-state index contributed by atoms with van der Waals surface area (Å²) < 4.78 is 0. The minimum absolute atomic E-state index is 0.155. The van der Waals surface area contributed by atoms with Crippen LogP contribution < -0.4 is 5.32 Å². The van der Waals surface area contributed by atoms with E-state index in [1.165, 1.54) is 0 Å². The summed E-state index contributed by atoms with van der Waals surface area (Å²) in [6.07, 6.45) is 1.41. The van der Waals surface area contributed by atoms with Gasteiger partial charge in [0.15, 0.2) is 5.15 Å². The molecule has 0 unspecified atom stereocenters. The number of aliphatic hydroxyl groups is 1. The molecule has 0 amide bonds. The molecule has 1 aromatic rings. The van der Waals surface area contributed by atoms with Gasteiger partial charge >= 0.3 is 0 Å². The van der Waals surface area contributed by atoms with Gasteiger partial charge in [-0.25, -0.2) is 0 Å². The van der Waals surface area contributed by atoms with E-state index in [-0.39, 0.29) is 6.10 Å². The Balaban J connectivity index is 1.91. The van der Waals surface area contributed by atoms with Crippen molar-refractivity contribution in [2.45, 2.75) is 25.0 Å². The second-order valence-electron chi connectivity index (χ2n) is 3.21. The fourth-order valence-corrected chi connectivity index (χ4v) is 1.41. The number of nitrogens with one attached hydrogen (secondary N) is 1. The highest BCUT2D eigenvalue weighted by atomic mass is 35.5. The summed E-state index contributed by atoms with van der Waals surface area (Å²) in [7, 11) is 0. The molecule has 2 N–H and O–H groups in total. The fraction of sp³-hybridized carbons (Fsp3) is 0.500. The van der Waals surface area contributed by atoms with Crippen molar-refractivity contribution < 1.29 is 5.11 Å². The Bertz CT molecular complexity index is 284. The lowest BCUT2D eigenvalue weighted by atomic mass is 9.89. The lowest BCUT2D eigenvalue weighted by molar-refractivity contribution is 0.0835. The smallest absolute Gasteiger partial charge is 0.151 e. The Morgan fingerprint density at radius 3 is 2.69 bits per heavy atom. The van der Waals surface area contributed by atoms with Crippen LogP contribution in [0.15, 0.2) is 12.1 Å². The van der Waals surface area contributed by atoms with Crippen LogP contribution >= 0.6 is 11.6 Å². The van der Waals surface area contributed by atoms with Gasteiger partial charge in [-0.15, -0.1) is 10.2 Å². The lowest BCUT2D eigenvalue weighted by Crippen LogP contribution is -2.39. The van der Waals surface area contributed by atoms with E-state index in [2.05, 4.69) is 15.5 Å². The molecule has 70 valence electrons. The number of aliphatic hydroxyl groups excluding tert-OH is 1. The normalized spacial score (nSPS) is 26.6. The molecule has 1 fully saturated rings. The molecule has 5 heteroatoms. The molecule has 2 rings (SSSR count). The number of anilines is 1. The highest BCUT2D eigenvalue weighted by molar-refractivity contribution is 6.29. The molecule has 1 aliphatic rings. The molecule has 0 atom stereocenters. The van der Waals surface area contributed by atoms with Gasteiger partial charge in [-0.05, 0) is 25.0 Å². The first-order valence-corrected chi connectivity index (χ1v) is 4.55. The van der Waals surface area contributed by atoms with Gasteiger partial charge in [-0.3, -0.25) is 0 Å². The molecular formula is C8H10ClN3O. The van der Waals surface area contributed by atoms with Gasteiger partial charge in [0.05, 0.1) is 6.10 Å². The van der Waals surface area contributed by atoms with E-state index in [1.807, 2.05) is 0 Å². The Labute approximate surface area is 80.9 Å². The van der Waals surface area contributed by atoms with Gasteiger partial charge < -0.3 is 10.4 Å². The molecule has 0 saturated heterocycles. The highest BCUT2D eigenvalue weighted by Gasteiger charge is 2.27. The lowest BCUT2D eigenvalue weighted by Gasteiger charge is -2.32. The summed E-state index contributed by atoms with van der Waals surface area (Å²) in [5.41, 5.74) is 0. The van der Waals surface area contributed by atoms with Crippen molar-refractivity contribution in [2.24, 2.45) is 0 Å². The van der Waals surface area contributed by atoms with Crippen LogP contribution in [0, 0.1) is 0 Å². The molecule has 4 nitrogen and oxygen atoms in total. The SMILES string of the molecule is O[C@H]1C[C@@H](Nc2ccc(Cl)nn2)C1. The third-order valence-electron chi connectivity index (χ3n) is 2.10. The number of hydrogen-bond donors (Lipinski definition) is 2. The zero-order valence-corrected chi connectivity index (χ0v) is 7.70. The first-order valence-electron chi connectivity index (χ1n) is 4.18. The minimum atomic E-state index is -0.155. The predicted octanol–water partition coefficient (Wildman–Crippen LogP) is 1.07. The molecule has 13 heavy (non-hydrogen) atoms. The molecule has 0 aromatic carbocycles. The molecular weight excluding hydrogens is 190 g/mol. The van der Waals surface area contributed by atoms with Crippen LogP contribution in [0.4, 0.5) is 5.82 Å². The summed E-state index contributed by atoms with van der Waals surface area (Å²) >= 11 is 5.58. The third-order valence-corrected chi connectivity index (χ3v) is 2.30. The highest BCUT2D eigenvalue weighted by Crippen LogP contribution is 2.22. The van der Waals surface area contributed by atoms with Crippen LogP contribution in [0.3, 0.4) is 0 Å². The van der Waals surface area contributed by atoms with E-state index in [0.717, 1.165) is 12.8 Å². The molecule has 1 aromatic heterocycles. The number of rotatable bonds is 2. The molecule has 0 radical (unpaired) electrons. The summed E-state index contributed by atoms with van der Waals surface area (Å²) in [6, 6.07) is 3.79. The molecule has 1 aliphatic carbocycles. The first-order chi connectivity index (χ1) is 6.24. The molecule has 0 aliphatic heterocycles.